The first-order chi connectivity index (χ1) is 6.81. The number of rotatable bonds is 2. The summed E-state index contributed by atoms with van der Waals surface area (Å²) in [4.78, 5) is 0. The van der Waals surface area contributed by atoms with Crippen molar-refractivity contribution in [3.05, 3.63) is 35.4 Å². The first kappa shape index (κ1) is 7.15. The Bertz CT molecular complexity index is 385. The molecule has 0 saturated heterocycles. The molecule has 0 spiro atoms. The second kappa shape index (κ2) is 3.62. The van der Waals surface area contributed by atoms with Crippen molar-refractivity contribution >= 4 is 0 Å². The van der Waals surface area contributed by atoms with Crippen molar-refractivity contribution in [3.8, 4) is 6.07 Å². The fourth-order valence-electron chi connectivity index (χ4n) is 1.03. The van der Waals surface area contributed by atoms with Gasteiger partial charge >= 0.3 is 0 Å². The minimum Gasteiger partial charge on any atom is -0.198 e. The van der Waals surface area contributed by atoms with Crippen LogP contribution in [0.2, 0.25) is 0 Å². The van der Waals surface area contributed by atoms with Crippen LogP contribution >= 0.6 is 0 Å². The highest BCUT2D eigenvalue weighted by Crippen LogP contribution is 2.20. The van der Waals surface area contributed by atoms with Crippen LogP contribution in [0.4, 0.5) is 0 Å². The fourth-order valence-corrected chi connectivity index (χ4v) is 1.03. The molecule has 1 aromatic carbocycles. The summed E-state index contributed by atoms with van der Waals surface area (Å²) in [7, 11) is 0. The van der Waals surface area contributed by atoms with Gasteiger partial charge in [-0.15, -0.1) is 0 Å². The Morgan fingerprint density at radius 3 is 2.38 bits per heavy atom. The molecule has 68 valence electrons. The van der Waals surface area contributed by atoms with Crippen LogP contribution in [0.1, 0.15) is 27.7 Å². The Morgan fingerprint density at radius 2 is 1.92 bits per heavy atom. The van der Waals surface area contributed by atoms with E-state index >= 15 is 0 Å². The zero-order chi connectivity index (χ0) is 11.7. The maximum absolute atomic E-state index is 8.96. The molecule has 1 aromatic rings. The molecule has 0 fully saturated rings. The summed E-state index contributed by atoms with van der Waals surface area (Å²) in [5.41, 5.74) is 0.617. The van der Waals surface area contributed by atoms with Crippen LogP contribution < -0.4 is 0 Å². The van der Waals surface area contributed by atoms with E-state index in [2.05, 4.69) is 0 Å². The van der Waals surface area contributed by atoms with Crippen LogP contribution in [-0.2, 0) is 6.37 Å². The van der Waals surface area contributed by atoms with Crippen molar-refractivity contribution in [3.63, 3.8) is 0 Å². The summed E-state index contributed by atoms with van der Waals surface area (Å²) in [6.45, 7) is 5.19. The van der Waals surface area contributed by atoms with Crippen LogP contribution in [0.25, 0.3) is 0 Å². The van der Waals surface area contributed by atoms with E-state index in [0.717, 1.165) is 5.56 Å². The smallest absolute Gasteiger partial charge is 0.0687 e. The molecule has 0 aliphatic heterocycles. The van der Waals surface area contributed by atoms with Crippen molar-refractivity contribution in [2.75, 3.05) is 0 Å². The van der Waals surface area contributed by atoms with Crippen LogP contribution in [0.3, 0.4) is 0 Å². The molecule has 0 atom stereocenters. The lowest BCUT2D eigenvalue weighted by Gasteiger charge is -2.14. The van der Waals surface area contributed by atoms with Gasteiger partial charge in [0.15, 0.2) is 0 Å². The number of nitrogens with zero attached hydrogens (tertiary/aromatic N) is 1. The van der Waals surface area contributed by atoms with Gasteiger partial charge in [0.1, 0.15) is 0 Å². The van der Waals surface area contributed by atoms with Crippen molar-refractivity contribution in [1.82, 2.24) is 0 Å². The van der Waals surface area contributed by atoms with Crippen molar-refractivity contribution < 1.29 is 2.74 Å². The van der Waals surface area contributed by atoms with Gasteiger partial charge in [0.25, 0.3) is 0 Å². The number of hydrogen-bond acceptors (Lipinski definition) is 1. The van der Waals surface area contributed by atoms with Gasteiger partial charge in [-0.3, -0.25) is 0 Å². The first-order valence-corrected chi connectivity index (χ1v) is 4.29. The summed E-state index contributed by atoms with van der Waals surface area (Å²) in [5.74, 6) is 0. The standard InChI is InChI=1S/C12H15N/c1-10-4-6-11(7-5-10)8-12(2,3)9-13/h4-7H,8H2,1-3H3/i8D2. The number of nitriles is 1. The second-order valence-electron chi connectivity index (χ2n) is 3.73. The first-order valence-electron chi connectivity index (χ1n) is 5.29. The zero-order valence-corrected chi connectivity index (χ0v) is 8.26. The van der Waals surface area contributed by atoms with Crippen LogP contribution in [-0.4, -0.2) is 0 Å². The van der Waals surface area contributed by atoms with Gasteiger partial charge in [-0.2, -0.15) is 5.26 Å². The summed E-state index contributed by atoms with van der Waals surface area (Å²) >= 11 is 0. The Labute approximate surface area is 82.8 Å². The highest BCUT2D eigenvalue weighted by molar-refractivity contribution is 5.23. The lowest BCUT2D eigenvalue weighted by atomic mass is 9.87. The maximum atomic E-state index is 8.96. The Balaban J connectivity index is 3.18. The van der Waals surface area contributed by atoms with Gasteiger partial charge in [-0.05, 0) is 32.7 Å². The summed E-state index contributed by atoms with van der Waals surface area (Å²) < 4.78 is 16.0. The highest BCUT2D eigenvalue weighted by atomic mass is 14.3. The third kappa shape index (κ3) is 2.91. The summed E-state index contributed by atoms with van der Waals surface area (Å²) in [5, 5.41) is 8.96. The van der Waals surface area contributed by atoms with Gasteiger partial charge in [0.2, 0.25) is 0 Å². The van der Waals surface area contributed by atoms with Crippen molar-refractivity contribution in [1.29, 1.82) is 5.26 Å². The topological polar surface area (TPSA) is 23.8 Å². The van der Waals surface area contributed by atoms with Gasteiger partial charge < -0.3 is 0 Å². The molecule has 1 heteroatoms. The van der Waals surface area contributed by atoms with Gasteiger partial charge in [-0.1, -0.05) is 29.8 Å². The van der Waals surface area contributed by atoms with E-state index in [1.54, 1.807) is 26.0 Å². The molecule has 0 radical (unpaired) electrons. The molecular weight excluding hydrogens is 158 g/mol. The number of aryl methyl sites for hydroxylation is 1. The summed E-state index contributed by atoms with van der Waals surface area (Å²) in [6, 6.07) is 9.23. The van der Waals surface area contributed by atoms with E-state index in [4.69, 9.17) is 8.00 Å². The third-order valence-electron chi connectivity index (χ3n) is 1.79. The minimum atomic E-state index is -1.63. The van der Waals surface area contributed by atoms with Crippen molar-refractivity contribution in [2.45, 2.75) is 27.1 Å². The summed E-state index contributed by atoms with van der Waals surface area (Å²) in [6.07, 6.45) is -1.63. The Kier molecular flexibility index (Phi) is 1.99. The molecular formula is C12H15N. The predicted molar refractivity (Wildman–Crippen MR) is 54.3 cm³/mol. The third-order valence-corrected chi connectivity index (χ3v) is 1.79. The average Bonchev–Trinajstić information content (AvgIpc) is 2.18. The number of hydrogen-bond donors (Lipinski definition) is 0. The minimum absolute atomic E-state index is 0.555. The molecule has 0 aromatic heterocycles. The van der Waals surface area contributed by atoms with E-state index < -0.39 is 11.8 Å². The molecule has 1 rings (SSSR count). The molecule has 0 amide bonds. The molecule has 0 saturated carbocycles. The Morgan fingerprint density at radius 1 is 1.38 bits per heavy atom. The molecule has 0 heterocycles. The molecule has 0 aliphatic carbocycles. The zero-order valence-electron chi connectivity index (χ0n) is 10.3. The van der Waals surface area contributed by atoms with E-state index in [-0.39, 0.29) is 0 Å². The predicted octanol–water partition coefficient (Wildman–Crippen LogP) is 3.09. The molecule has 13 heavy (non-hydrogen) atoms. The second-order valence-corrected chi connectivity index (χ2v) is 3.73. The van der Waals surface area contributed by atoms with E-state index in [0.29, 0.717) is 5.56 Å². The van der Waals surface area contributed by atoms with Crippen molar-refractivity contribution in [2.24, 2.45) is 5.41 Å². The molecule has 1 nitrogen and oxygen atoms in total. The molecule has 0 bridgehead atoms. The van der Waals surface area contributed by atoms with E-state index in [1.165, 1.54) is 0 Å². The largest absolute Gasteiger partial charge is 0.198 e. The van der Waals surface area contributed by atoms with Gasteiger partial charge in [0, 0.05) is 2.74 Å². The molecule has 0 N–H and O–H groups in total. The van der Waals surface area contributed by atoms with Crippen LogP contribution in [0.15, 0.2) is 24.3 Å². The lowest BCUT2D eigenvalue weighted by Crippen LogP contribution is -2.11. The van der Waals surface area contributed by atoms with Crippen LogP contribution in [0.5, 0.6) is 0 Å². The average molecular weight is 175 g/mol. The lowest BCUT2D eigenvalue weighted by molar-refractivity contribution is 0.493. The maximum Gasteiger partial charge on any atom is 0.0687 e. The van der Waals surface area contributed by atoms with Gasteiger partial charge in [-0.25, -0.2) is 0 Å². The molecule has 0 unspecified atom stereocenters. The van der Waals surface area contributed by atoms with E-state index in [1.807, 2.05) is 25.1 Å². The SMILES string of the molecule is [2H]C([2H])(c1ccc(C)cc1)C(C)(C)C#N. The van der Waals surface area contributed by atoms with Gasteiger partial charge in [0.05, 0.1) is 11.5 Å². The highest BCUT2D eigenvalue weighted by Gasteiger charge is 2.16. The van der Waals surface area contributed by atoms with E-state index in [9.17, 15) is 0 Å². The van der Waals surface area contributed by atoms with Crippen LogP contribution in [0, 0.1) is 23.7 Å². The monoisotopic (exact) mass is 175 g/mol. The Hall–Kier alpha value is -1.29. The molecule has 0 aliphatic rings. The quantitative estimate of drug-likeness (QED) is 0.677. The normalized spacial score (nSPS) is 14.3. The fraction of sp³-hybridized carbons (Fsp3) is 0.417. The number of benzene rings is 1.